The Hall–Kier alpha value is -2.18. The first-order valence-electron chi connectivity index (χ1n) is 5.23. The van der Waals surface area contributed by atoms with E-state index in [4.69, 9.17) is 5.11 Å². The van der Waals surface area contributed by atoms with Crippen molar-refractivity contribution in [3.05, 3.63) is 23.8 Å². The summed E-state index contributed by atoms with van der Waals surface area (Å²) in [5.41, 5.74) is -0.138. The summed E-state index contributed by atoms with van der Waals surface area (Å²) in [6, 6.07) is 1.63. The van der Waals surface area contributed by atoms with Crippen molar-refractivity contribution in [3.8, 4) is 0 Å². The van der Waals surface area contributed by atoms with Crippen LogP contribution in [0.5, 0.6) is 0 Å². The topological polar surface area (TPSA) is 69.6 Å². The molecule has 1 aromatic rings. The molecule has 0 fully saturated rings. The predicted molar refractivity (Wildman–Crippen MR) is 59.5 cm³/mol. The minimum absolute atomic E-state index is 0.0169. The molecule has 0 bridgehead atoms. The number of hydrogen-bond acceptors (Lipinski definition) is 3. The van der Waals surface area contributed by atoms with Crippen molar-refractivity contribution < 1.29 is 23.5 Å². The molecule has 2 N–H and O–H groups in total. The molecule has 0 unspecified atom stereocenters. The van der Waals surface area contributed by atoms with Gasteiger partial charge in [-0.3, -0.25) is 9.59 Å². The van der Waals surface area contributed by atoms with Gasteiger partial charge >= 0.3 is 5.97 Å². The van der Waals surface area contributed by atoms with Gasteiger partial charge in [-0.05, 0) is 6.07 Å². The largest absolute Gasteiger partial charge is 0.480 e. The summed E-state index contributed by atoms with van der Waals surface area (Å²) in [5.74, 6) is -3.29. The zero-order valence-electron chi connectivity index (χ0n) is 9.24. The third-order valence-corrected chi connectivity index (χ3v) is 2.55. The molecule has 0 aliphatic carbocycles. The second-order valence-electron chi connectivity index (χ2n) is 3.90. The van der Waals surface area contributed by atoms with Gasteiger partial charge in [0.2, 0.25) is 5.91 Å². The van der Waals surface area contributed by atoms with Crippen molar-refractivity contribution in [2.24, 2.45) is 0 Å². The Morgan fingerprint density at radius 2 is 2.17 bits per heavy atom. The van der Waals surface area contributed by atoms with E-state index in [0.29, 0.717) is 6.07 Å². The maximum Gasteiger partial charge on any atom is 0.323 e. The molecular weight excluding hydrogens is 246 g/mol. The van der Waals surface area contributed by atoms with Crippen LogP contribution in [0.3, 0.4) is 0 Å². The highest BCUT2D eigenvalue weighted by molar-refractivity contribution is 5.97. The van der Waals surface area contributed by atoms with Crippen LogP contribution in [0.2, 0.25) is 0 Å². The number of amides is 1. The molecule has 96 valence electrons. The molecule has 0 saturated carbocycles. The summed E-state index contributed by atoms with van der Waals surface area (Å²) in [5, 5.41) is 11.1. The number of rotatable bonds is 2. The maximum atomic E-state index is 13.7. The lowest BCUT2D eigenvalue weighted by Crippen LogP contribution is -2.31. The van der Waals surface area contributed by atoms with Crippen molar-refractivity contribution in [2.75, 3.05) is 23.3 Å². The van der Waals surface area contributed by atoms with Gasteiger partial charge in [0, 0.05) is 19.0 Å². The molecule has 1 heterocycles. The maximum absolute atomic E-state index is 13.7. The third-order valence-electron chi connectivity index (χ3n) is 2.55. The van der Waals surface area contributed by atoms with E-state index in [1.165, 1.54) is 4.90 Å². The van der Waals surface area contributed by atoms with Crippen LogP contribution in [0.25, 0.3) is 0 Å². The molecule has 0 atom stereocenters. The fourth-order valence-electron chi connectivity index (χ4n) is 1.87. The van der Waals surface area contributed by atoms with Crippen molar-refractivity contribution >= 4 is 23.3 Å². The van der Waals surface area contributed by atoms with Gasteiger partial charge in [0.05, 0.1) is 11.4 Å². The summed E-state index contributed by atoms with van der Waals surface area (Å²) in [7, 11) is 0. The molecule has 18 heavy (non-hydrogen) atoms. The summed E-state index contributed by atoms with van der Waals surface area (Å²) < 4.78 is 26.8. The Kier molecular flexibility index (Phi) is 3.14. The van der Waals surface area contributed by atoms with Gasteiger partial charge in [-0.15, -0.1) is 0 Å². The van der Waals surface area contributed by atoms with Gasteiger partial charge in [0.25, 0.3) is 0 Å². The Balaban J connectivity index is 2.49. The number of halogens is 2. The number of anilines is 2. The number of aliphatic carboxylic acids is 1. The van der Waals surface area contributed by atoms with Crippen LogP contribution in [0, 0.1) is 11.6 Å². The lowest BCUT2D eigenvalue weighted by atomic mass is 10.2. The quantitative estimate of drug-likeness (QED) is 0.834. The lowest BCUT2D eigenvalue weighted by Gasteiger charge is -2.22. The molecule has 1 aliphatic rings. The van der Waals surface area contributed by atoms with E-state index in [9.17, 15) is 18.4 Å². The first kappa shape index (κ1) is 12.3. The second-order valence-corrected chi connectivity index (χ2v) is 3.90. The van der Waals surface area contributed by atoms with Gasteiger partial charge in [-0.2, -0.15) is 0 Å². The average molecular weight is 256 g/mol. The monoisotopic (exact) mass is 256 g/mol. The predicted octanol–water partition coefficient (Wildman–Crippen LogP) is 1.20. The highest BCUT2D eigenvalue weighted by Gasteiger charge is 2.24. The number of nitrogens with zero attached hydrogens (tertiary/aromatic N) is 1. The minimum Gasteiger partial charge on any atom is -0.480 e. The highest BCUT2D eigenvalue weighted by Crippen LogP contribution is 2.32. The van der Waals surface area contributed by atoms with Crippen LogP contribution in [0.15, 0.2) is 12.1 Å². The van der Waals surface area contributed by atoms with E-state index in [-0.39, 0.29) is 24.3 Å². The molecule has 0 radical (unpaired) electrons. The van der Waals surface area contributed by atoms with Crippen LogP contribution >= 0.6 is 0 Å². The Labute approximate surface area is 101 Å². The first-order chi connectivity index (χ1) is 8.47. The summed E-state index contributed by atoms with van der Waals surface area (Å²) >= 11 is 0. The van der Waals surface area contributed by atoms with Crippen molar-refractivity contribution in [1.29, 1.82) is 0 Å². The fraction of sp³-hybridized carbons (Fsp3) is 0.273. The first-order valence-corrected chi connectivity index (χ1v) is 5.23. The average Bonchev–Trinajstić information content (AvgIpc) is 2.37. The Morgan fingerprint density at radius 1 is 1.44 bits per heavy atom. The van der Waals surface area contributed by atoms with Crippen molar-refractivity contribution in [1.82, 2.24) is 0 Å². The standard InChI is InChI=1S/C11H10F2N2O3/c12-6-3-7(13)11-8(4-6)14-9(16)1-2-15(11)5-10(17)18/h3-4H,1-2,5H2,(H,14,16)(H,17,18). The molecule has 1 amide bonds. The normalized spacial score (nSPS) is 14.8. The number of carboxylic acid groups (broad SMARTS) is 1. The molecule has 5 nitrogen and oxygen atoms in total. The number of benzene rings is 1. The smallest absolute Gasteiger partial charge is 0.323 e. The highest BCUT2D eigenvalue weighted by atomic mass is 19.1. The molecule has 1 aliphatic heterocycles. The van der Waals surface area contributed by atoms with Crippen LogP contribution in [-0.2, 0) is 9.59 Å². The van der Waals surface area contributed by atoms with E-state index in [1.54, 1.807) is 0 Å². The fourth-order valence-corrected chi connectivity index (χ4v) is 1.87. The summed E-state index contributed by atoms with van der Waals surface area (Å²) in [4.78, 5) is 23.3. The van der Waals surface area contributed by atoms with Crippen LogP contribution in [0.4, 0.5) is 20.2 Å². The van der Waals surface area contributed by atoms with E-state index in [2.05, 4.69) is 5.32 Å². The van der Waals surface area contributed by atoms with Gasteiger partial charge < -0.3 is 15.3 Å². The Morgan fingerprint density at radius 3 is 2.83 bits per heavy atom. The second kappa shape index (κ2) is 4.59. The molecule has 0 aromatic heterocycles. The summed E-state index contributed by atoms with van der Waals surface area (Å²) in [6.45, 7) is -0.391. The number of carbonyl (C=O) groups excluding carboxylic acids is 1. The lowest BCUT2D eigenvalue weighted by molar-refractivity contribution is -0.135. The SMILES string of the molecule is O=C(O)CN1CCC(=O)Nc2cc(F)cc(F)c21. The van der Waals surface area contributed by atoms with E-state index < -0.39 is 30.1 Å². The molecular formula is C11H10F2N2O3. The zero-order chi connectivity index (χ0) is 13.3. The summed E-state index contributed by atoms with van der Waals surface area (Å²) in [6.07, 6.45) is 0.0169. The van der Waals surface area contributed by atoms with Gasteiger partial charge in [0.1, 0.15) is 12.4 Å². The molecule has 7 heteroatoms. The van der Waals surface area contributed by atoms with Gasteiger partial charge in [-0.1, -0.05) is 0 Å². The Bertz CT molecular complexity index is 519. The van der Waals surface area contributed by atoms with E-state index in [1.807, 2.05) is 0 Å². The number of hydrogen-bond donors (Lipinski definition) is 2. The number of nitrogens with one attached hydrogen (secondary N) is 1. The number of fused-ring (bicyclic) bond motifs is 1. The van der Waals surface area contributed by atoms with Gasteiger partial charge in [-0.25, -0.2) is 8.78 Å². The van der Waals surface area contributed by atoms with Crippen LogP contribution in [-0.4, -0.2) is 30.1 Å². The van der Waals surface area contributed by atoms with Crippen LogP contribution < -0.4 is 10.2 Å². The third kappa shape index (κ3) is 2.39. The number of carbonyl (C=O) groups is 2. The number of carboxylic acids is 1. The molecule has 1 aromatic carbocycles. The van der Waals surface area contributed by atoms with Crippen LogP contribution in [0.1, 0.15) is 6.42 Å². The minimum atomic E-state index is -1.15. The molecule has 0 saturated heterocycles. The van der Waals surface area contributed by atoms with Gasteiger partial charge in [0.15, 0.2) is 5.82 Å². The van der Waals surface area contributed by atoms with Crippen molar-refractivity contribution in [3.63, 3.8) is 0 Å². The van der Waals surface area contributed by atoms with E-state index >= 15 is 0 Å². The molecule has 0 spiro atoms. The van der Waals surface area contributed by atoms with E-state index in [0.717, 1.165) is 6.07 Å². The molecule has 2 rings (SSSR count). The zero-order valence-corrected chi connectivity index (χ0v) is 9.24. The van der Waals surface area contributed by atoms with Crippen molar-refractivity contribution in [2.45, 2.75) is 6.42 Å².